The number of rotatable bonds is 5. The van der Waals surface area contributed by atoms with Gasteiger partial charge in [-0.05, 0) is 56.9 Å². The Labute approximate surface area is 131 Å². The molecule has 0 amide bonds. The molecular weight excluding hydrogens is 300 g/mol. The van der Waals surface area contributed by atoms with E-state index in [0.717, 1.165) is 32.1 Å². The van der Waals surface area contributed by atoms with Gasteiger partial charge in [-0.2, -0.15) is 12.7 Å². The van der Waals surface area contributed by atoms with Crippen LogP contribution in [0.1, 0.15) is 49.4 Å². The van der Waals surface area contributed by atoms with Gasteiger partial charge in [-0.25, -0.2) is 0 Å². The second-order valence-electron chi connectivity index (χ2n) is 6.28. The first-order chi connectivity index (χ1) is 10.5. The second-order valence-corrected chi connectivity index (χ2v) is 7.90. The SMILES string of the molecule is CC1CCCN1S(=O)(=O)Nc1ccc(C(=O)C2CCC2)cc1. The third-order valence-electron chi connectivity index (χ3n) is 4.69. The van der Waals surface area contributed by atoms with Crippen molar-refractivity contribution in [2.75, 3.05) is 11.3 Å². The number of Topliss-reactive ketones (excluding diaryl/α,β-unsaturated/α-hetero) is 1. The number of hydrogen-bond acceptors (Lipinski definition) is 3. The average molecular weight is 322 g/mol. The van der Waals surface area contributed by atoms with E-state index in [4.69, 9.17) is 0 Å². The van der Waals surface area contributed by atoms with Crippen molar-refractivity contribution in [3.8, 4) is 0 Å². The van der Waals surface area contributed by atoms with E-state index in [1.807, 2.05) is 6.92 Å². The van der Waals surface area contributed by atoms with Crippen molar-refractivity contribution >= 4 is 21.7 Å². The zero-order chi connectivity index (χ0) is 15.7. The first-order valence-corrected chi connectivity index (χ1v) is 9.35. The number of ketones is 1. The minimum Gasteiger partial charge on any atom is -0.294 e. The molecule has 0 bridgehead atoms. The Balaban J connectivity index is 1.69. The fourth-order valence-corrected chi connectivity index (χ4v) is 4.58. The second kappa shape index (κ2) is 6.01. The standard InChI is InChI=1S/C16H22N2O3S/c1-12-4-3-11-18(12)22(20,21)17-15-9-7-14(8-10-15)16(19)13-5-2-6-13/h7-10,12-13,17H,2-6,11H2,1H3. The summed E-state index contributed by atoms with van der Waals surface area (Å²) in [5, 5.41) is 0. The molecule has 0 aromatic heterocycles. The summed E-state index contributed by atoms with van der Waals surface area (Å²) in [5.74, 6) is 0.335. The highest BCUT2D eigenvalue weighted by molar-refractivity contribution is 7.90. The van der Waals surface area contributed by atoms with E-state index in [9.17, 15) is 13.2 Å². The van der Waals surface area contributed by atoms with Gasteiger partial charge in [-0.1, -0.05) is 6.42 Å². The monoisotopic (exact) mass is 322 g/mol. The summed E-state index contributed by atoms with van der Waals surface area (Å²) in [4.78, 5) is 12.1. The third kappa shape index (κ3) is 3.03. The topological polar surface area (TPSA) is 66.5 Å². The minimum absolute atomic E-state index is 0.0389. The largest absolute Gasteiger partial charge is 0.301 e. The van der Waals surface area contributed by atoms with Gasteiger partial charge in [-0.15, -0.1) is 0 Å². The van der Waals surface area contributed by atoms with E-state index >= 15 is 0 Å². The minimum atomic E-state index is -3.51. The van der Waals surface area contributed by atoms with Gasteiger partial charge in [0.25, 0.3) is 0 Å². The lowest BCUT2D eigenvalue weighted by Gasteiger charge is -2.24. The Bertz CT molecular complexity index is 650. The van der Waals surface area contributed by atoms with Crippen LogP contribution >= 0.6 is 0 Å². The van der Waals surface area contributed by atoms with Crippen LogP contribution < -0.4 is 4.72 Å². The molecule has 1 saturated heterocycles. The van der Waals surface area contributed by atoms with E-state index in [1.165, 1.54) is 4.31 Å². The zero-order valence-electron chi connectivity index (χ0n) is 12.8. The van der Waals surface area contributed by atoms with E-state index in [2.05, 4.69) is 4.72 Å². The Morgan fingerprint density at radius 2 is 1.82 bits per heavy atom. The van der Waals surface area contributed by atoms with Crippen molar-refractivity contribution in [3.63, 3.8) is 0 Å². The normalized spacial score (nSPS) is 23.2. The van der Waals surface area contributed by atoms with Crippen molar-refractivity contribution in [2.45, 2.75) is 45.1 Å². The molecule has 1 atom stereocenters. The predicted molar refractivity (Wildman–Crippen MR) is 86.1 cm³/mol. The van der Waals surface area contributed by atoms with E-state index < -0.39 is 10.2 Å². The maximum Gasteiger partial charge on any atom is 0.301 e. The molecule has 1 aliphatic carbocycles. The highest BCUT2D eigenvalue weighted by atomic mass is 32.2. The van der Waals surface area contributed by atoms with Crippen LogP contribution in [0.15, 0.2) is 24.3 Å². The van der Waals surface area contributed by atoms with Gasteiger partial charge in [0.05, 0.1) is 0 Å². The third-order valence-corrected chi connectivity index (χ3v) is 6.35. The van der Waals surface area contributed by atoms with Crippen LogP contribution in [0.2, 0.25) is 0 Å². The molecule has 0 radical (unpaired) electrons. The number of nitrogens with one attached hydrogen (secondary N) is 1. The molecule has 1 aliphatic heterocycles. The number of nitrogens with zero attached hydrogens (tertiary/aromatic N) is 1. The van der Waals surface area contributed by atoms with Crippen LogP contribution in [0.5, 0.6) is 0 Å². The van der Waals surface area contributed by atoms with Crippen LogP contribution in [-0.4, -0.2) is 31.1 Å². The summed E-state index contributed by atoms with van der Waals surface area (Å²) < 4.78 is 28.8. The molecule has 0 spiro atoms. The van der Waals surface area contributed by atoms with Gasteiger partial charge in [0.1, 0.15) is 0 Å². The van der Waals surface area contributed by atoms with Crippen molar-refractivity contribution in [3.05, 3.63) is 29.8 Å². The van der Waals surface area contributed by atoms with Gasteiger partial charge in [-0.3, -0.25) is 9.52 Å². The molecule has 120 valence electrons. The van der Waals surface area contributed by atoms with Gasteiger partial charge in [0.2, 0.25) is 0 Å². The highest BCUT2D eigenvalue weighted by Crippen LogP contribution is 2.30. The smallest absolute Gasteiger partial charge is 0.294 e. The predicted octanol–water partition coefficient (Wildman–Crippen LogP) is 2.81. The zero-order valence-corrected chi connectivity index (χ0v) is 13.6. The van der Waals surface area contributed by atoms with Crippen LogP contribution in [0, 0.1) is 5.92 Å². The van der Waals surface area contributed by atoms with Crippen molar-refractivity contribution < 1.29 is 13.2 Å². The fraction of sp³-hybridized carbons (Fsp3) is 0.562. The summed E-state index contributed by atoms with van der Waals surface area (Å²) in [6, 6.07) is 6.81. The molecule has 6 heteroatoms. The van der Waals surface area contributed by atoms with E-state index in [0.29, 0.717) is 17.8 Å². The number of anilines is 1. The number of carbonyl (C=O) groups is 1. The molecule has 1 unspecified atom stereocenters. The summed E-state index contributed by atoms with van der Waals surface area (Å²) in [6.45, 7) is 2.49. The summed E-state index contributed by atoms with van der Waals surface area (Å²) in [6.07, 6.45) is 4.87. The number of carbonyl (C=O) groups excluding carboxylic acids is 1. The molecule has 1 aromatic rings. The Morgan fingerprint density at radius 3 is 2.32 bits per heavy atom. The van der Waals surface area contributed by atoms with Gasteiger partial charge >= 0.3 is 10.2 Å². The quantitative estimate of drug-likeness (QED) is 0.848. The number of benzene rings is 1. The molecule has 1 aromatic carbocycles. The molecule has 1 N–H and O–H groups in total. The Hall–Kier alpha value is -1.40. The van der Waals surface area contributed by atoms with Crippen LogP contribution in [-0.2, 0) is 10.2 Å². The van der Waals surface area contributed by atoms with E-state index in [-0.39, 0.29) is 17.7 Å². The number of hydrogen-bond donors (Lipinski definition) is 1. The molecule has 2 aliphatic rings. The molecule has 3 rings (SSSR count). The molecule has 22 heavy (non-hydrogen) atoms. The highest BCUT2D eigenvalue weighted by Gasteiger charge is 2.31. The van der Waals surface area contributed by atoms with Gasteiger partial charge < -0.3 is 0 Å². The van der Waals surface area contributed by atoms with Crippen LogP contribution in [0.25, 0.3) is 0 Å². The lowest BCUT2D eigenvalue weighted by molar-refractivity contribution is 0.0855. The van der Waals surface area contributed by atoms with Crippen molar-refractivity contribution in [1.82, 2.24) is 4.31 Å². The maximum atomic E-state index is 12.3. The van der Waals surface area contributed by atoms with Crippen LogP contribution in [0.3, 0.4) is 0 Å². The van der Waals surface area contributed by atoms with Crippen LogP contribution in [0.4, 0.5) is 5.69 Å². The molecule has 1 heterocycles. The van der Waals surface area contributed by atoms with E-state index in [1.54, 1.807) is 24.3 Å². The summed E-state index contributed by atoms with van der Waals surface area (Å²) >= 11 is 0. The van der Waals surface area contributed by atoms with Gasteiger partial charge in [0, 0.05) is 29.8 Å². The average Bonchev–Trinajstić information content (AvgIpc) is 2.84. The molecule has 2 fully saturated rings. The summed E-state index contributed by atoms with van der Waals surface area (Å²) in [5.41, 5.74) is 1.17. The lowest BCUT2D eigenvalue weighted by Crippen LogP contribution is -2.37. The van der Waals surface area contributed by atoms with Gasteiger partial charge in [0.15, 0.2) is 5.78 Å². The first-order valence-electron chi connectivity index (χ1n) is 7.91. The fourth-order valence-electron chi connectivity index (χ4n) is 3.08. The van der Waals surface area contributed by atoms with Crippen molar-refractivity contribution in [2.24, 2.45) is 5.92 Å². The molecule has 1 saturated carbocycles. The maximum absolute atomic E-state index is 12.3. The summed E-state index contributed by atoms with van der Waals surface area (Å²) in [7, 11) is -3.51. The first kappa shape index (κ1) is 15.5. The van der Waals surface area contributed by atoms with Crippen molar-refractivity contribution in [1.29, 1.82) is 0 Å². The lowest BCUT2D eigenvalue weighted by atomic mass is 9.80. The molecule has 5 nitrogen and oxygen atoms in total. The molecular formula is C16H22N2O3S. The Morgan fingerprint density at radius 1 is 1.14 bits per heavy atom. The Kier molecular flexibility index (Phi) is 4.23.